The molecule has 4 N–H and O–H groups in total. The lowest BCUT2D eigenvalue weighted by Gasteiger charge is -2.31. The number of H-pyrrole nitrogens is 2. The number of nitrogens with zero attached hydrogens (tertiary/aromatic N) is 4. The lowest BCUT2D eigenvalue weighted by Crippen LogP contribution is -2.51. The molecule has 0 unspecified atom stereocenters. The van der Waals surface area contributed by atoms with Crippen LogP contribution in [0, 0.1) is 17.8 Å². The van der Waals surface area contributed by atoms with Crippen LogP contribution in [0.3, 0.4) is 0 Å². The van der Waals surface area contributed by atoms with E-state index in [-0.39, 0.29) is 35.9 Å². The van der Waals surface area contributed by atoms with Gasteiger partial charge in [0.2, 0.25) is 11.8 Å². The maximum absolute atomic E-state index is 13.5. The first-order valence-electron chi connectivity index (χ1n) is 16.6. The molecule has 242 valence electrons. The largest absolute Gasteiger partial charge is 0.465 e. The molecule has 11 heteroatoms. The number of carbonyl (C=O) groups excluding carboxylic acids is 2. The molecule has 3 amide bonds. The van der Waals surface area contributed by atoms with Crippen LogP contribution < -0.4 is 5.32 Å². The Labute approximate surface area is 272 Å². The third kappa shape index (κ3) is 5.27. The molecule has 2 saturated heterocycles. The number of rotatable bonds is 8. The zero-order valence-corrected chi connectivity index (χ0v) is 26.7. The van der Waals surface area contributed by atoms with Gasteiger partial charge in [-0.25, -0.2) is 14.8 Å². The Morgan fingerprint density at radius 1 is 0.745 bits per heavy atom. The number of amides is 3. The lowest BCUT2D eigenvalue weighted by molar-refractivity contribution is -0.136. The maximum Gasteiger partial charge on any atom is 0.405 e. The maximum atomic E-state index is 13.5. The van der Waals surface area contributed by atoms with Gasteiger partial charge in [0.25, 0.3) is 0 Å². The Bertz CT molecular complexity index is 1850. The first kappa shape index (κ1) is 29.5. The van der Waals surface area contributed by atoms with E-state index < -0.39 is 12.1 Å². The molecule has 4 heterocycles. The zero-order chi connectivity index (χ0) is 32.6. The van der Waals surface area contributed by atoms with E-state index in [1.54, 1.807) is 6.92 Å². The summed E-state index contributed by atoms with van der Waals surface area (Å²) in [5, 5.41) is 11.7. The van der Waals surface area contributed by atoms with Crippen LogP contribution in [0.1, 0.15) is 70.2 Å². The number of hydrogen-bond donors (Lipinski definition) is 4. The van der Waals surface area contributed by atoms with Crippen molar-refractivity contribution in [3.63, 3.8) is 0 Å². The van der Waals surface area contributed by atoms with Gasteiger partial charge in [0.15, 0.2) is 0 Å². The standard InChI is InChI=1S/C36H39N7O4/c1-18(2)32(41-36(46)47)35(45)43-29-13-25(29)15-31(43)34-38-17-27(40-34)23-10-6-21(7-11-23)20-4-8-22(9-5-20)26-16-37-33(39-26)30-14-24-12-28(24)42(30)19(3)44/h4-11,16-18,24-25,28-32,41H,12-15H2,1-3H3,(H,37,39)(H,38,40)(H,46,47)/t24-,25-,28-,29-,30+,31+,32+/m1/s1. The minimum atomic E-state index is -1.19. The van der Waals surface area contributed by atoms with Gasteiger partial charge in [-0.3, -0.25) is 9.59 Å². The van der Waals surface area contributed by atoms with Crippen LogP contribution in [-0.4, -0.2) is 70.9 Å². The summed E-state index contributed by atoms with van der Waals surface area (Å²) < 4.78 is 0. The molecule has 0 spiro atoms. The van der Waals surface area contributed by atoms with Gasteiger partial charge in [0.05, 0.1) is 23.5 Å². The number of piperidine rings is 2. The van der Waals surface area contributed by atoms with Crippen molar-refractivity contribution < 1.29 is 19.5 Å². The van der Waals surface area contributed by atoms with Gasteiger partial charge in [-0.05, 0) is 54.6 Å². The molecule has 2 aliphatic carbocycles. The fourth-order valence-corrected chi connectivity index (χ4v) is 7.96. The van der Waals surface area contributed by atoms with Crippen molar-refractivity contribution in [2.75, 3.05) is 0 Å². The van der Waals surface area contributed by atoms with Crippen molar-refractivity contribution in [2.45, 2.75) is 76.7 Å². The van der Waals surface area contributed by atoms with Gasteiger partial charge in [-0.15, -0.1) is 0 Å². The van der Waals surface area contributed by atoms with Crippen molar-refractivity contribution in [3.05, 3.63) is 72.6 Å². The van der Waals surface area contributed by atoms with Crippen molar-refractivity contribution >= 4 is 17.9 Å². The molecule has 11 nitrogen and oxygen atoms in total. The normalized spacial score (nSPS) is 26.2. The van der Waals surface area contributed by atoms with Crippen LogP contribution in [0.2, 0.25) is 0 Å². The summed E-state index contributed by atoms with van der Waals surface area (Å²) in [5.74, 6) is 2.43. The van der Waals surface area contributed by atoms with E-state index in [4.69, 9.17) is 9.97 Å². The molecule has 2 aromatic carbocycles. The predicted octanol–water partition coefficient (Wildman–Crippen LogP) is 5.77. The highest BCUT2D eigenvalue weighted by Gasteiger charge is 2.56. The van der Waals surface area contributed by atoms with Crippen LogP contribution in [0.5, 0.6) is 0 Å². The molecule has 2 aliphatic heterocycles. The van der Waals surface area contributed by atoms with E-state index in [1.807, 2.05) is 36.0 Å². The van der Waals surface area contributed by atoms with Crippen LogP contribution >= 0.6 is 0 Å². The second-order valence-electron chi connectivity index (χ2n) is 14.0. The van der Waals surface area contributed by atoms with Crippen LogP contribution in [0.15, 0.2) is 60.9 Å². The number of aromatic nitrogens is 4. The van der Waals surface area contributed by atoms with Gasteiger partial charge >= 0.3 is 6.09 Å². The number of benzene rings is 2. The Kier molecular flexibility index (Phi) is 6.96. The van der Waals surface area contributed by atoms with Crippen molar-refractivity contribution in [3.8, 4) is 33.6 Å². The molecular formula is C36H39N7O4. The van der Waals surface area contributed by atoms with Gasteiger partial charge < -0.3 is 30.2 Å². The number of aromatic amines is 2. The van der Waals surface area contributed by atoms with E-state index in [2.05, 4.69) is 63.8 Å². The fraction of sp³-hybridized carbons (Fsp3) is 0.417. The van der Waals surface area contributed by atoms with E-state index in [0.29, 0.717) is 17.9 Å². The molecule has 4 aromatic rings. The van der Waals surface area contributed by atoms with Crippen LogP contribution in [-0.2, 0) is 9.59 Å². The SMILES string of the molecule is CC(=O)N1[C@@H]2C[C@@H]2C[C@H]1c1nc(-c2ccc(-c3ccc(-c4c[nH]c([C@@H]5C[C@H]6C[C@H]6N5C(=O)[C@@H](NC(=O)O)C(C)C)n4)cc3)cc2)c[nH]1. The molecule has 7 atom stereocenters. The summed E-state index contributed by atoms with van der Waals surface area (Å²) in [7, 11) is 0. The average Bonchev–Trinajstić information content (AvgIpc) is 3.66. The first-order chi connectivity index (χ1) is 22.7. The van der Waals surface area contributed by atoms with Gasteiger partial charge in [-0.2, -0.15) is 0 Å². The monoisotopic (exact) mass is 633 g/mol. The third-order valence-corrected chi connectivity index (χ3v) is 10.6. The molecule has 8 rings (SSSR count). The Balaban J connectivity index is 0.950. The summed E-state index contributed by atoms with van der Waals surface area (Å²) in [6.45, 7) is 5.36. The molecule has 2 saturated carbocycles. The molecular weight excluding hydrogens is 594 g/mol. The van der Waals surface area contributed by atoms with Crippen LogP contribution in [0.4, 0.5) is 4.79 Å². The molecule has 47 heavy (non-hydrogen) atoms. The van der Waals surface area contributed by atoms with Gasteiger partial charge in [-0.1, -0.05) is 62.4 Å². The van der Waals surface area contributed by atoms with Crippen LogP contribution in [0.25, 0.3) is 33.6 Å². The number of nitrogens with one attached hydrogen (secondary N) is 3. The number of likely N-dealkylation sites (tertiary alicyclic amines) is 2. The average molecular weight is 634 g/mol. The Morgan fingerprint density at radius 3 is 1.64 bits per heavy atom. The van der Waals surface area contributed by atoms with E-state index >= 15 is 0 Å². The lowest BCUT2D eigenvalue weighted by atomic mass is 10.0. The van der Waals surface area contributed by atoms with Crippen molar-refractivity contribution in [1.82, 2.24) is 35.1 Å². The molecule has 0 radical (unpaired) electrons. The van der Waals surface area contributed by atoms with Gasteiger partial charge in [0, 0.05) is 42.5 Å². The Morgan fingerprint density at radius 2 is 1.19 bits per heavy atom. The number of carbonyl (C=O) groups is 3. The highest BCUT2D eigenvalue weighted by atomic mass is 16.4. The first-order valence-corrected chi connectivity index (χ1v) is 16.6. The minimum Gasteiger partial charge on any atom is -0.465 e. The topological polar surface area (TPSA) is 147 Å². The second kappa shape index (κ2) is 11.1. The molecule has 4 fully saturated rings. The number of imidazole rings is 2. The number of fused-ring (bicyclic) bond motifs is 2. The summed E-state index contributed by atoms with van der Waals surface area (Å²) in [6, 6.07) is 16.2. The smallest absolute Gasteiger partial charge is 0.405 e. The van der Waals surface area contributed by atoms with E-state index in [9.17, 15) is 19.5 Å². The predicted molar refractivity (Wildman–Crippen MR) is 175 cm³/mol. The van der Waals surface area contributed by atoms with E-state index in [1.165, 1.54) is 0 Å². The molecule has 0 bridgehead atoms. The summed E-state index contributed by atoms with van der Waals surface area (Å²) in [4.78, 5) is 57.4. The van der Waals surface area contributed by atoms with Crippen molar-refractivity contribution in [2.24, 2.45) is 17.8 Å². The van der Waals surface area contributed by atoms with E-state index in [0.717, 1.165) is 71.0 Å². The second-order valence-corrected chi connectivity index (χ2v) is 14.0. The third-order valence-electron chi connectivity index (χ3n) is 10.6. The molecule has 2 aromatic heterocycles. The van der Waals surface area contributed by atoms with Gasteiger partial charge in [0.1, 0.15) is 17.7 Å². The highest BCUT2D eigenvalue weighted by Crippen LogP contribution is 2.54. The molecule has 4 aliphatic rings. The fourth-order valence-electron chi connectivity index (χ4n) is 7.96. The highest BCUT2D eigenvalue weighted by molar-refractivity contribution is 5.87. The summed E-state index contributed by atoms with van der Waals surface area (Å²) >= 11 is 0. The number of carboxylic acid groups (broad SMARTS) is 1. The summed E-state index contributed by atoms with van der Waals surface area (Å²) in [6.07, 6.45) is 6.50. The number of hydrogen-bond acceptors (Lipinski definition) is 5. The Hall–Kier alpha value is -4.93. The quantitative estimate of drug-likeness (QED) is 0.194. The minimum absolute atomic E-state index is 0.0388. The summed E-state index contributed by atoms with van der Waals surface area (Å²) in [5.41, 5.74) is 5.83. The van der Waals surface area contributed by atoms with Crippen molar-refractivity contribution in [1.29, 1.82) is 0 Å². The zero-order valence-electron chi connectivity index (χ0n) is 26.7.